The summed E-state index contributed by atoms with van der Waals surface area (Å²) in [5.74, 6) is -1.38. The van der Waals surface area contributed by atoms with Crippen LogP contribution in [0.1, 0.15) is 48.7 Å². The summed E-state index contributed by atoms with van der Waals surface area (Å²) in [4.78, 5) is 24.4. The number of nitrogens with one attached hydrogen (secondary N) is 1. The highest BCUT2D eigenvalue weighted by atomic mass is 16.5. The average molecular weight is 319 g/mol. The van der Waals surface area contributed by atoms with Crippen molar-refractivity contribution in [1.82, 2.24) is 5.32 Å². The fourth-order valence-corrected chi connectivity index (χ4v) is 3.19. The highest BCUT2D eigenvalue weighted by molar-refractivity contribution is 5.99. The van der Waals surface area contributed by atoms with E-state index in [2.05, 4.69) is 5.32 Å². The SMILES string of the molecule is CCOC1CC(NC(=O)c2ccc(C)c(C)c2)(C(=O)O)C1(C)C. The molecule has 2 atom stereocenters. The van der Waals surface area contributed by atoms with Gasteiger partial charge in [-0.2, -0.15) is 0 Å². The molecule has 1 amide bonds. The number of hydrogen-bond acceptors (Lipinski definition) is 3. The van der Waals surface area contributed by atoms with Crippen LogP contribution in [0.15, 0.2) is 18.2 Å². The first-order valence-electron chi connectivity index (χ1n) is 7.90. The molecule has 0 aliphatic heterocycles. The van der Waals surface area contributed by atoms with Gasteiger partial charge in [0.1, 0.15) is 5.54 Å². The van der Waals surface area contributed by atoms with Gasteiger partial charge in [0.2, 0.25) is 0 Å². The van der Waals surface area contributed by atoms with Gasteiger partial charge in [-0.15, -0.1) is 0 Å². The van der Waals surface area contributed by atoms with E-state index < -0.39 is 16.9 Å². The number of carboxylic acids is 1. The van der Waals surface area contributed by atoms with Gasteiger partial charge in [-0.25, -0.2) is 4.79 Å². The number of aliphatic carboxylic acids is 1. The summed E-state index contributed by atoms with van der Waals surface area (Å²) in [6.45, 7) is 9.95. The molecule has 0 aromatic heterocycles. The molecule has 0 bridgehead atoms. The minimum atomic E-state index is -1.30. The Morgan fingerprint density at radius 2 is 1.96 bits per heavy atom. The number of benzene rings is 1. The molecule has 0 heterocycles. The van der Waals surface area contributed by atoms with Gasteiger partial charge in [0, 0.05) is 24.0 Å². The number of carbonyl (C=O) groups excluding carboxylic acids is 1. The first-order valence-corrected chi connectivity index (χ1v) is 7.90. The van der Waals surface area contributed by atoms with E-state index in [0.717, 1.165) is 11.1 Å². The van der Waals surface area contributed by atoms with Crippen molar-refractivity contribution in [2.45, 2.75) is 52.7 Å². The van der Waals surface area contributed by atoms with Gasteiger partial charge in [0.25, 0.3) is 5.91 Å². The summed E-state index contributed by atoms with van der Waals surface area (Å²) in [5.41, 5.74) is 0.591. The molecule has 1 saturated carbocycles. The van der Waals surface area contributed by atoms with Crippen molar-refractivity contribution in [2.75, 3.05) is 6.61 Å². The third-order valence-electron chi connectivity index (χ3n) is 5.23. The Labute approximate surface area is 137 Å². The van der Waals surface area contributed by atoms with Crippen LogP contribution in [0.5, 0.6) is 0 Å². The molecule has 0 spiro atoms. The lowest BCUT2D eigenvalue weighted by Crippen LogP contribution is -2.76. The highest BCUT2D eigenvalue weighted by Gasteiger charge is 2.66. The molecule has 126 valence electrons. The Hall–Kier alpha value is -1.88. The number of amides is 1. The van der Waals surface area contributed by atoms with Crippen molar-refractivity contribution in [3.8, 4) is 0 Å². The Bertz CT molecular complexity index is 638. The molecule has 23 heavy (non-hydrogen) atoms. The minimum Gasteiger partial charge on any atom is -0.479 e. The molecule has 1 fully saturated rings. The Balaban J connectivity index is 2.26. The van der Waals surface area contributed by atoms with Crippen LogP contribution in [0.4, 0.5) is 0 Å². The standard InChI is InChI=1S/C18H25NO4/c1-6-23-14-10-18(16(21)22,17(14,4)5)19-15(20)13-8-7-11(2)12(3)9-13/h7-9,14H,6,10H2,1-5H3,(H,19,20)(H,21,22). The van der Waals surface area contributed by atoms with Crippen LogP contribution in [0, 0.1) is 19.3 Å². The van der Waals surface area contributed by atoms with Crippen molar-refractivity contribution >= 4 is 11.9 Å². The number of rotatable bonds is 5. The molecular weight excluding hydrogens is 294 g/mol. The van der Waals surface area contributed by atoms with E-state index in [4.69, 9.17) is 4.74 Å². The second kappa shape index (κ2) is 5.96. The van der Waals surface area contributed by atoms with Crippen LogP contribution >= 0.6 is 0 Å². The highest BCUT2D eigenvalue weighted by Crippen LogP contribution is 2.51. The summed E-state index contributed by atoms with van der Waals surface area (Å²) in [6, 6.07) is 5.37. The van der Waals surface area contributed by atoms with E-state index in [9.17, 15) is 14.7 Å². The first-order chi connectivity index (χ1) is 10.7. The number of hydrogen-bond donors (Lipinski definition) is 2. The lowest BCUT2D eigenvalue weighted by Gasteiger charge is -2.58. The van der Waals surface area contributed by atoms with E-state index >= 15 is 0 Å². The van der Waals surface area contributed by atoms with Crippen molar-refractivity contribution in [3.63, 3.8) is 0 Å². The monoisotopic (exact) mass is 319 g/mol. The zero-order valence-corrected chi connectivity index (χ0v) is 14.4. The maximum absolute atomic E-state index is 12.6. The first kappa shape index (κ1) is 17.5. The number of aryl methyl sites for hydroxylation is 2. The molecule has 1 aliphatic rings. The molecule has 0 radical (unpaired) electrons. The summed E-state index contributed by atoms with van der Waals surface area (Å²) < 4.78 is 5.61. The van der Waals surface area contributed by atoms with Crippen LogP contribution in [-0.2, 0) is 9.53 Å². The van der Waals surface area contributed by atoms with Crippen LogP contribution in [0.2, 0.25) is 0 Å². The zero-order chi connectivity index (χ0) is 17.4. The summed E-state index contributed by atoms with van der Waals surface area (Å²) in [6.07, 6.45) is 0.100. The molecule has 5 heteroatoms. The van der Waals surface area contributed by atoms with E-state index in [-0.39, 0.29) is 18.4 Å². The second-order valence-corrected chi connectivity index (χ2v) is 6.83. The third-order valence-corrected chi connectivity index (χ3v) is 5.23. The molecule has 5 nitrogen and oxygen atoms in total. The van der Waals surface area contributed by atoms with Gasteiger partial charge in [-0.3, -0.25) is 4.79 Å². The third kappa shape index (κ3) is 2.74. The Kier molecular flexibility index (Phi) is 4.53. The van der Waals surface area contributed by atoms with Gasteiger partial charge in [-0.1, -0.05) is 19.9 Å². The van der Waals surface area contributed by atoms with Gasteiger partial charge in [-0.05, 0) is 44.0 Å². The number of carboxylic acid groups (broad SMARTS) is 1. The lowest BCUT2D eigenvalue weighted by molar-refractivity contribution is -0.190. The minimum absolute atomic E-state index is 0.177. The fraction of sp³-hybridized carbons (Fsp3) is 0.556. The lowest BCUT2D eigenvalue weighted by atomic mass is 9.54. The quantitative estimate of drug-likeness (QED) is 0.875. The zero-order valence-electron chi connectivity index (χ0n) is 14.4. The Morgan fingerprint density at radius 3 is 2.43 bits per heavy atom. The molecule has 1 aromatic carbocycles. The van der Waals surface area contributed by atoms with Gasteiger partial charge < -0.3 is 15.2 Å². The average Bonchev–Trinajstić information content (AvgIpc) is 2.48. The van der Waals surface area contributed by atoms with E-state index in [1.807, 2.05) is 40.7 Å². The van der Waals surface area contributed by atoms with Crippen molar-refractivity contribution in [2.24, 2.45) is 5.41 Å². The maximum atomic E-state index is 12.6. The number of carbonyl (C=O) groups is 2. The molecule has 2 unspecified atom stereocenters. The smallest absolute Gasteiger partial charge is 0.330 e. The summed E-state index contributed by atoms with van der Waals surface area (Å²) >= 11 is 0. The number of ether oxygens (including phenoxy) is 1. The van der Waals surface area contributed by atoms with Gasteiger partial charge in [0.15, 0.2) is 0 Å². The van der Waals surface area contributed by atoms with Crippen LogP contribution in [0.25, 0.3) is 0 Å². The molecular formula is C18H25NO4. The molecule has 2 N–H and O–H groups in total. The molecule has 1 aromatic rings. The fourth-order valence-electron chi connectivity index (χ4n) is 3.19. The van der Waals surface area contributed by atoms with E-state index in [1.165, 1.54) is 0 Å². The van der Waals surface area contributed by atoms with E-state index in [0.29, 0.717) is 12.2 Å². The van der Waals surface area contributed by atoms with E-state index in [1.54, 1.807) is 12.1 Å². The van der Waals surface area contributed by atoms with Crippen LogP contribution in [-0.4, -0.2) is 35.2 Å². The maximum Gasteiger partial charge on any atom is 0.330 e. The molecule has 2 rings (SSSR count). The largest absolute Gasteiger partial charge is 0.479 e. The van der Waals surface area contributed by atoms with Crippen molar-refractivity contribution < 1.29 is 19.4 Å². The summed E-state index contributed by atoms with van der Waals surface area (Å²) in [7, 11) is 0. The van der Waals surface area contributed by atoms with Crippen LogP contribution in [0.3, 0.4) is 0 Å². The predicted octanol–water partition coefficient (Wildman–Crippen LogP) is 2.69. The molecule has 1 aliphatic carbocycles. The second-order valence-electron chi connectivity index (χ2n) is 6.83. The predicted molar refractivity (Wildman–Crippen MR) is 87.6 cm³/mol. The van der Waals surface area contributed by atoms with Gasteiger partial charge in [0.05, 0.1) is 6.10 Å². The topological polar surface area (TPSA) is 75.6 Å². The summed E-state index contributed by atoms with van der Waals surface area (Å²) in [5, 5.41) is 12.5. The van der Waals surface area contributed by atoms with Crippen molar-refractivity contribution in [3.05, 3.63) is 34.9 Å². The van der Waals surface area contributed by atoms with Crippen LogP contribution < -0.4 is 5.32 Å². The molecule has 0 saturated heterocycles. The van der Waals surface area contributed by atoms with Gasteiger partial charge >= 0.3 is 5.97 Å². The van der Waals surface area contributed by atoms with Crippen molar-refractivity contribution in [1.29, 1.82) is 0 Å². The normalized spacial score (nSPS) is 25.5. The Morgan fingerprint density at radius 1 is 1.30 bits per heavy atom.